The van der Waals surface area contributed by atoms with Gasteiger partial charge in [0.05, 0.1) is 25.4 Å². The van der Waals surface area contributed by atoms with Crippen LogP contribution in [0.4, 0.5) is 0 Å². The predicted molar refractivity (Wildman–Crippen MR) is 38.8 cm³/mol. The zero-order valence-electron chi connectivity index (χ0n) is 6.43. The highest BCUT2D eigenvalue weighted by molar-refractivity contribution is 4.77. The van der Waals surface area contributed by atoms with E-state index in [0.29, 0.717) is 19.8 Å². The van der Waals surface area contributed by atoms with Gasteiger partial charge < -0.3 is 15.2 Å². The third kappa shape index (κ3) is 1.94. The molecule has 1 aliphatic heterocycles. The fourth-order valence-corrected chi connectivity index (χ4v) is 1.13. The van der Waals surface area contributed by atoms with Gasteiger partial charge in [0.1, 0.15) is 0 Å². The quantitative estimate of drug-likeness (QED) is 0.601. The maximum atomic E-state index is 5.50. The van der Waals surface area contributed by atoms with Crippen LogP contribution in [0.2, 0.25) is 0 Å². The maximum absolute atomic E-state index is 5.50. The first-order chi connectivity index (χ1) is 4.77. The summed E-state index contributed by atoms with van der Waals surface area (Å²) in [6.07, 6.45) is 0.882. The van der Waals surface area contributed by atoms with Gasteiger partial charge in [-0.3, -0.25) is 0 Å². The monoisotopic (exact) mass is 145 g/mol. The predicted octanol–water partition coefficient (Wildman–Crippen LogP) is 0.141. The highest BCUT2D eigenvalue weighted by atomic mass is 16.6. The molecular formula is C7H15NO2. The average molecular weight is 145 g/mol. The molecule has 0 bridgehead atoms. The van der Waals surface area contributed by atoms with Gasteiger partial charge in [0, 0.05) is 0 Å². The molecule has 0 aromatic rings. The lowest BCUT2D eigenvalue weighted by atomic mass is 10.0. The first-order valence-corrected chi connectivity index (χ1v) is 3.69. The van der Waals surface area contributed by atoms with Crippen LogP contribution in [0.1, 0.15) is 13.3 Å². The normalized spacial score (nSPS) is 34.2. The van der Waals surface area contributed by atoms with Crippen molar-refractivity contribution in [1.29, 1.82) is 0 Å². The van der Waals surface area contributed by atoms with Gasteiger partial charge in [0.25, 0.3) is 0 Å². The second-order valence-corrected chi connectivity index (χ2v) is 2.89. The zero-order chi connectivity index (χ0) is 7.45. The van der Waals surface area contributed by atoms with Crippen molar-refractivity contribution in [2.75, 3.05) is 26.4 Å². The van der Waals surface area contributed by atoms with E-state index in [1.807, 2.05) is 6.92 Å². The van der Waals surface area contributed by atoms with Crippen LogP contribution in [0.25, 0.3) is 0 Å². The number of rotatable bonds is 2. The standard InChI is InChI=1S/C7H15NO2/c1-7(2-3-8)6-9-4-5-10-7/h2-6,8H2,1H3. The Bertz CT molecular complexity index is 94.3. The third-order valence-corrected chi connectivity index (χ3v) is 1.76. The maximum Gasteiger partial charge on any atom is 0.0900 e. The van der Waals surface area contributed by atoms with Crippen LogP contribution in [-0.2, 0) is 9.47 Å². The molecule has 3 nitrogen and oxygen atoms in total. The zero-order valence-corrected chi connectivity index (χ0v) is 6.43. The van der Waals surface area contributed by atoms with Crippen molar-refractivity contribution in [2.45, 2.75) is 18.9 Å². The van der Waals surface area contributed by atoms with Crippen LogP contribution in [0.15, 0.2) is 0 Å². The lowest BCUT2D eigenvalue weighted by molar-refractivity contribution is -0.149. The SMILES string of the molecule is CC1(CCN)COCCO1. The van der Waals surface area contributed by atoms with Gasteiger partial charge >= 0.3 is 0 Å². The molecule has 0 spiro atoms. The summed E-state index contributed by atoms with van der Waals surface area (Å²) in [6, 6.07) is 0. The molecule has 1 heterocycles. The average Bonchev–Trinajstić information content (AvgIpc) is 1.89. The Labute approximate surface area is 61.5 Å². The van der Waals surface area contributed by atoms with Crippen molar-refractivity contribution in [3.63, 3.8) is 0 Å². The molecule has 0 saturated carbocycles. The number of hydrogen-bond donors (Lipinski definition) is 1. The van der Waals surface area contributed by atoms with Gasteiger partial charge in [-0.25, -0.2) is 0 Å². The number of nitrogens with two attached hydrogens (primary N) is 1. The van der Waals surface area contributed by atoms with Crippen molar-refractivity contribution in [1.82, 2.24) is 0 Å². The molecular weight excluding hydrogens is 130 g/mol. The van der Waals surface area contributed by atoms with E-state index in [-0.39, 0.29) is 5.60 Å². The largest absolute Gasteiger partial charge is 0.376 e. The summed E-state index contributed by atoms with van der Waals surface area (Å²) in [4.78, 5) is 0. The fraction of sp³-hybridized carbons (Fsp3) is 1.00. The second-order valence-electron chi connectivity index (χ2n) is 2.89. The molecule has 0 amide bonds. The van der Waals surface area contributed by atoms with E-state index in [2.05, 4.69) is 0 Å². The molecule has 0 radical (unpaired) electrons. The first kappa shape index (κ1) is 7.98. The van der Waals surface area contributed by atoms with Gasteiger partial charge in [0.2, 0.25) is 0 Å². The minimum Gasteiger partial charge on any atom is -0.376 e. The molecule has 1 saturated heterocycles. The third-order valence-electron chi connectivity index (χ3n) is 1.76. The Morgan fingerprint density at radius 3 is 2.80 bits per heavy atom. The summed E-state index contributed by atoms with van der Waals surface area (Å²) in [5.74, 6) is 0. The number of hydrogen-bond acceptors (Lipinski definition) is 3. The van der Waals surface area contributed by atoms with Crippen molar-refractivity contribution >= 4 is 0 Å². The molecule has 0 aromatic heterocycles. The van der Waals surface area contributed by atoms with Gasteiger partial charge in [-0.2, -0.15) is 0 Å². The highest BCUT2D eigenvalue weighted by Gasteiger charge is 2.27. The summed E-state index contributed by atoms with van der Waals surface area (Å²) in [7, 11) is 0. The minimum atomic E-state index is -0.118. The van der Waals surface area contributed by atoms with E-state index in [9.17, 15) is 0 Å². The van der Waals surface area contributed by atoms with Gasteiger partial charge in [0.15, 0.2) is 0 Å². The molecule has 1 rings (SSSR count). The van der Waals surface area contributed by atoms with Crippen LogP contribution in [0.5, 0.6) is 0 Å². The molecule has 3 heteroatoms. The van der Waals surface area contributed by atoms with E-state index in [1.165, 1.54) is 0 Å². The van der Waals surface area contributed by atoms with Gasteiger partial charge in [-0.1, -0.05) is 0 Å². The molecule has 1 unspecified atom stereocenters. The Kier molecular flexibility index (Phi) is 2.65. The van der Waals surface area contributed by atoms with E-state index in [4.69, 9.17) is 15.2 Å². The van der Waals surface area contributed by atoms with Gasteiger partial charge in [-0.05, 0) is 19.9 Å². The topological polar surface area (TPSA) is 44.5 Å². The van der Waals surface area contributed by atoms with Crippen molar-refractivity contribution in [2.24, 2.45) is 5.73 Å². The summed E-state index contributed by atoms with van der Waals surface area (Å²) in [5.41, 5.74) is 5.29. The second kappa shape index (κ2) is 3.32. The van der Waals surface area contributed by atoms with E-state index >= 15 is 0 Å². The fourth-order valence-electron chi connectivity index (χ4n) is 1.13. The Hall–Kier alpha value is -0.120. The van der Waals surface area contributed by atoms with Crippen molar-refractivity contribution in [3.8, 4) is 0 Å². The molecule has 1 fully saturated rings. The summed E-state index contributed by atoms with van der Waals surface area (Å²) >= 11 is 0. The van der Waals surface area contributed by atoms with Crippen LogP contribution in [0, 0.1) is 0 Å². The molecule has 0 aromatic carbocycles. The molecule has 10 heavy (non-hydrogen) atoms. The van der Waals surface area contributed by atoms with Crippen LogP contribution in [0.3, 0.4) is 0 Å². The lowest BCUT2D eigenvalue weighted by Crippen LogP contribution is -2.41. The van der Waals surface area contributed by atoms with Crippen LogP contribution < -0.4 is 5.73 Å². The van der Waals surface area contributed by atoms with Crippen LogP contribution in [-0.4, -0.2) is 32.0 Å². The van der Waals surface area contributed by atoms with Crippen molar-refractivity contribution in [3.05, 3.63) is 0 Å². The summed E-state index contributed by atoms with van der Waals surface area (Å²) in [6.45, 7) is 4.82. The smallest absolute Gasteiger partial charge is 0.0900 e. The van der Waals surface area contributed by atoms with E-state index < -0.39 is 0 Å². The molecule has 1 aliphatic rings. The van der Waals surface area contributed by atoms with Gasteiger partial charge in [-0.15, -0.1) is 0 Å². The van der Waals surface area contributed by atoms with Crippen molar-refractivity contribution < 1.29 is 9.47 Å². The highest BCUT2D eigenvalue weighted by Crippen LogP contribution is 2.18. The summed E-state index contributed by atoms with van der Waals surface area (Å²) in [5, 5.41) is 0. The molecule has 0 aliphatic carbocycles. The first-order valence-electron chi connectivity index (χ1n) is 3.69. The van der Waals surface area contributed by atoms with Crippen LogP contribution >= 0.6 is 0 Å². The Morgan fingerprint density at radius 1 is 1.50 bits per heavy atom. The molecule has 60 valence electrons. The van der Waals surface area contributed by atoms with E-state index in [1.54, 1.807) is 0 Å². The Balaban J connectivity index is 2.32. The minimum absolute atomic E-state index is 0.118. The van der Waals surface area contributed by atoms with E-state index in [0.717, 1.165) is 13.0 Å². The summed E-state index contributed by atoms with van der Waals surface area (Å²) < 4.78 is 10.8. The Morgan fingerprint density at radius 2 is 2.30 bits per heavy atom. The molecule has 1 atom stereocenters. The number of ether oxygens (including phenoxy) is 2. The lowest BCUT2D eigenvalue weighted by Gasteiger charge is -2.33. The molecule has 2 N–H and O–H groups in total.